The Labute approximate surface area is 114 Å². The van der Waals surface area contributed by atoms with E-state index in [1.54, 1.807) is 0 Å². The molecule has 0 amide bonds. The molecule has 0 radical (unpaired) electrons. The van der Waals surface area contributed by atoms with E-state index in [4.69, 9.17) is 4.74 Å². The second kappa shape index (κ2) is 7.23. The summed E-state index contributed by atoms with van der Waals surface area (Å²) in [4.78, 5) is 2.12. The third-order valence-electron chi connectivity index (χ3n) is 2.93. The number of nitrogens with one attached hydrogen (secondary N) is 1. The largest absolute Gasteiger partial charge is 0.379 e. The Morgan fingerprint density at radius 1 is 1.32 bits per heavy atom. The van der Waals surface area contributed by atoms with Gasteiger partial charge < -0.3 is 15.0 Å². The molecule has 104 valence electrons. The zero-order valence-electron chi connectivity index (χ0n) is 11.7. The lowest BCUT2D eigenvalue weighted by Crippen LogP contribution is -2.23. The van der Waals surface area contributed by atoms with Gasteiger partial charge in [0.1, 0.15) is 0 Å². The highest BCUT2D eigenvalue weighted by atomic mass is 16.5. The number of fused-ring (bicyclic) bond motifs is 1. The monoisotopic (exact) mass is 262 g/mol. The van der Waals surface area contributed by atoms with Crippen LogP contribution < -0.4 is 5.32 Å². The number of pyridine rings is 1. The first-order chi connectivity index (χ1) is 9.27. The van der Waals surface area contributed by atoms with E-state index in [2.05, 4.69) is 21.4 Å². The van der Waals surface area contributed by atoms with Crippen molar-refractivity contribution in [2.75, 3.05) is 40.4 Å². The maximum Gasteiger partial charge on any atom is 0.0706 e. The van der Waals surface area contributed by atoms with Crippen molar-refractivity contribution >= 4 is 5.52 Å². The number of ether oxygens (including phenoxy) is 1. The summed E-state index contributed by atoms with van der Waals surface area (Å²) in [5, 5.41) is 7.68. The zero-order valence-corrected chi connectivity index (χ0v) is 11.7. The minimum atomic E-state index is 0.743. The maximum atomic E-state index is 5.53. The van der Waals surface area contributed by atoms with Gasteiger partial charge in [0, 0.05) is 31.4 Å². The number of aromatic nitrogens is 2. The lowest BCUT2D eigenvalue weighted by molar-refractivity contribution is 0.119. The predicted octanol–water partition coefficient (Wildman–Crippen LogP) is 1.00. The van der Waals surface area contributed by atoms with Gasteiger partial charge in [-0.25, -0.2) is 4.52 Å². The maximum absolute atomic E-state index is 5.53. The van der Waals surface area contributed by atoms with Crippen molar-refractivity contribution in [1.82, 2.24) is 19.8 Å². The van der Waals surface area contributed by atoms with E-state index in [1.165, 1.54) is 5.56 Å². The smallest absolute Gasteiger partial charge is 0.0706 e. The van der Waals surface area contributed by atoms with E-state index < -0.39 is 0 Å². The van der Waals surface area contributed by atoms with Crippen molar-refractivity contribution in [1.29, 1.82) is 0 Å². The van der Waals surface area contributed by atoms with Crippen LogP contribution in [0.15, 0.2) is 30.6 Å². The molecule has 2 rings (SSSR count). The summed E-state index contributed by atoms with van der Waals surface area (Å²) in [7, 11) is 4.10. The van der Waals surface area contributed by atoms with Crippen molar-refractivity contribution in [3.8, 4) is 0 Å². The molecule has 0 saturated carbocycles. The van der Waals surface area contributed by atoms with Gasteiger partial charge in [0.25, 0.3) is 0 Å². The summed E-state index contributed by atoms with van der Waals surface area (Å²) in [5.41, 5.74) is 2.37. The molecule has 2 aromatic rings. The van der Waals surface area contributed by atoms with Crippen molar-refractivity contribution < 1.29 is 4.74 Å². The zero-order chi connectivity index (χ0) is 13.5. The Bertz CT molecular complexity index is 495. The van der Waals surface area contributed by atoms with E-state index in [9.17, 15) is 0 Å². The molecule has 0 aliphatic carbocycles. The molecule has 1 N–H and O–H groups in total. The van der Waals surface area contributed by atoms with Crippen LogP contribution in [0.4, 0.5) is 0 Å². The molecule has 0 aliphatic heterocycles. The molecular weight excluding hydrogens is 240 g/mol. The number of hydrogen-bond acceptors (Lipinski definition) is 4. The Kier molecular flexibility index (Phi) is 5.32. The second-order valence-corrected chi connectivity index (χ2v) is 4.79. The third kappa shape index (κ3) is 4.31. The Morgan fingerprint density at radius 2 is 2.21 bits per heavy atom. The van der Waals surface area contributed by atoms with Crippen LogP contribution in [0.3, 0.4) is 0 Å². The lowest BCUT2D eigenvalue weighted by atomic mass is 10.2. The highest BCUT2D eigenvalue weighted by Gasteiger charge is 2.01. The molecule has 0 aliphatic rings. The number of hydrogen-bond donors (Lipinski definition) is 1. The standard InChI is InChI=1S/C14H22N4O/c1-17(2)8-10-19-9-6-15-11-13-12-16-18-7-4-3-5-14(13)18/h3-5,7,12,15H,6,8-11H2,1-2H3. The molecular formula is C14H22N4O. The first kappa shape index (κ1) is 14.0. The van der Waals surface area contributed by atoms with Crippen molar-refractivity contribution in [2.45, 2.75) is 6.54 Å². The highest BCUT2D eigenvalue weighted by molar-refractivity contribution is 5.53. The van der Waals surface area contributed by atoms with Crippen LogP contribution in [0.2, 0.25) is 0 Å². The lowest BCUT2D eigenvalue weighted by Gasteiger charge is -2.10. The molecule has 19 heavy (non-hydrogen) atoms. The number of likely N-dealkylation sites (N-methyl/N-ethyl adjacent to an activating group) is 1. The minimum Gasteiger partial charge on any atom is -0.379 e. The van der Waals surface area contributed by atoms with Gasteiger partial charge >= 0.3 is 0 Å². The third-order valence-corrected chi connectivity index (χ3v) is 2.93. The Morgan fingerprint density at radius 3 is 3.05 bits per heavy atom. The average molecular weight is 262 g/mol. The van der Waals surface area contributed by atoms with Gasteiger partial charge in [0.2, 0.25) is 0 Å². The molecule has 0 fully saturated rings. The molecule has 0 unspecified atom stereocenters. The van der Waals surface area contributed by atoms with E-state index >= 15 is 0 Å². The molecule has 5 nitrogen and oxygen atoms in total. The number of nitrogens with zero attached hydrogens (tertiary/aromatic N) is 3. The summed E-state index contributed by atoms with van der Waals surface area (Å²) >= 11 is 0. The van der Waals surface area contributed by atoms with Crippen LogP contribution in [0.5, 0.6) is 0 Å². The van der Waals surface area contributed by atoms with Gasteiger partial charge in [-0.05, 0) is 26.2 Å². The molecule has 0 bridgehead atoms. The Balaban J connectivity index is 1.66. The van der Waals surface area contributed by atoms with Gasteiger partial charge in [0.15, 0.2) is 0 Å². The fourth-order valence-electron chi connectivity index (χ4n) is 1.84. The van der Waals surface area contributed by atoms with Gasteiger partial charge in [0.05, 0.1) is 24.9 Å². The van der Waals surface area contributed by atoms with Crippen molar-refractivity contribution in [2.24, 2.45) is 0 Å². The van der Waals surface area contributed by atoms with Crippen LogP contribution in [0, 0.1) is 0 Å². The van der Waals surface area contributed by atoms with Crippen LogP contribution in [-0.4, -0.2) is 54.9 Å². The predicted molar refractivity (Wildman–Crippen MR) is 76.3 cm³/mol. The molecule has 0 saturated heterocycles. The first-order valence-corrected chi connectivity index (χ1v) is 6.62. The van der Waals surface area contributed by atoms with Crippen molar-refractivity contribution in [3.63, 3.8) is 0 Å². The quantitative estimate of drug-likeness (QED) is 0.721. The van der Waals surface area contributed by atoms with E-state index in [1.807, 2.05) is 43.1 Å². The van der Waals surface area contributed by atoms with Crippen LogP contribution in [-0.2, 0) is 11.3 Å². The van der Waals surface area contributed by atoms with Gasteiger partial charge in [-0.15, -0.1) is 0 Å². The SMILES string of the molecule is CN(C)CCOCCNCc1cnn2ccccc12. The van der Waals surface area contributed by atoms with Gasteiger partial charge in [-0.2, -0.15) is 5.10 Å². The molecule has 2 aromatic heterocycles. The van der Waals surface area contributed by atoms with Gasteiger partial charge in [-0.1, -0.05) is 6.07 Å². The summed E-state index contributed by atoms with van der Waals surface area (Å²) in [6.07, 6.45) is 3.87. The molecule has 0 atom stereocenters. The topological polar surface area (TPSA) is 41.8 Å². The molecule has 2 heterocycles. The molecule has 0 aromatic carbocycles. The van der Waals surface area contributed by atoms with E-state index in [0.717, 1.165) is 38.4 Å². The molecule has 5 heteroatoms. The van der Waals surface area contributed by atoms with Crippen LogP contribution in [0.1, 0.15) is 5.56 Å². The van der Waals surface area contributed by atoms with E-state index in [0.29, 0.717) is 0 Å². The van der Waals surface area contributed by atoms with Crippen LogP contribution in [0.25, 0.3) is 5.52 Å². The number of rotatable bonds is 8. The summed E-state index contributed by atoms with van der Waals surface area (Å²) in [6.45, 7) is 4.18. The van der Waals surface area contributed by atoms with E-state index in [-0.39, 0.29) is 0 Å². The normalized spacial score (nSPS) is 11.5. The van der Waals surface area contributed by atoms with Crippen molar-refractivity contribution in [3.05, 3.63) is 36.2 Å². The van der Waals surface area contributed by atoms with Crippen LogP contribution >= 0.6 is 0 Å². The fraction of sp³-hybridized carbons (Fsp3) is 0.500. The minimum absolute atomic E-state index is 0.743. The Hall–Kier alpha value is -1.43. The molecule has 0 spiro atoms. The highest BCUT2D eigenvalue weighted by Crippen LogP contribution is 2.08. The first-order valence-electron chi connectivity index (χ1n) is 6.62. The second-order valence-electron chi connectivity index (χ2n) is 4.79. The van der Waals surface area contributed by atoms with Gasteiger partial charge in [-0.3, -0.25) is 0 Å². The average Bonchev–Trinajstić information content (AvgIpc) is 2.81. The summed E-state index contributed by atoms with van der Waals surface area (Å²) in [6, 6.07) is 6.10. The summed E-state index contributed by atoms with van der Waals surface area (Å²) < 4.78 is 7.42. The summed E-state index contributed by atoms with van der Waals surface area (Å²) in [5.74, 6) is 0. The fourth-order valence-corrected chi connectivity index (χ4v) is 1.84.